The molecule has 0 aromatic heterocycles. The number of ether oxygens (including phenoxy) is 1. The van der Waals surface area contributed by atoms with Crippen LogP contribution in [-0.4, -0.2) is 47.9 Å². The summed E-state index contributed by atoms with van der Waals surface area (Å²) in [6, 6.07) is 10.9. The molecular weight excluding hydrogens is 276 g/mol. The Labute approximate surface area is 132 Å². The minimum Gasteiger partial charge on any atom is -0.497 e. The first-order valence-corrected chi connectivity index (χ1v) is 8.28. The third-order valence-corrected chi connectivity index (χ3v) is 4.51. The Kier molecular flexibility index (Phi) is 5.48. The monoisotopic (exact) mass is 302 g/mol. The second kappa shape index (κ2) is 7.77. The normalized spacial score (nSPS) is 28.7. The van der Waals surface area contributed by atoms with Gasteiger partial charge in [0.25, 0.3) is 0 Å². The lowest BCUT2D eigenvalue weighted by molar-refractivity contribution is 0.119. The molecule has 2 aliphatic heterocycles. The Hall–Kier alpha value is -1.36. The molecule has 0 bridgehead atoms. The van der Waals surface area contributed by atoms with Gasteiger partial charge in [0, 0.05) is 32.2 Å². The number of rotatable bonds is 6. The third-order valence-electron chi connectivity index (χ3n) is 4.51. The summed E-state index contributed by atoms with van der Waals surface area (Å²) < 4.78 is 5.58. The second-order valence-corrected chi connectivity index (χ2v) is 6.32. The predicted octanol–water partition coefficient (Wildman–Crippen LogP) is 1.90. The van der Waals surface area contributed by atoms with Crippen molar-refractivity contribution in [3.63, 3.8) is 0 Å². The molecule has 0 aliphatic carbocycles. The molecule has 2 heterocycles. The lowest BCUT2D eigenvalue weighted by Crippen LogP contribution is -2.40. The molecule has 1 aromatic carbocycles. The topological polar surface area (TPSA) is 44.7 Å². The Morgan fingerprint density at radius 2 is 2.09 bits per heavy atom. The number of aliphatic hydroxyl groups is 1. The van der Waals surface area contributed by atoms with Crippen LogP contribution in [0.5, 0.6) is 0 Å². The first kappa shape index (κ1) is 15.5. The Morgan fingerprint density at radius 1 is 1.23 bits per heavy atom. The van der Waals surface area contributed by atoms with E-state index in [0.29, 0.717) is 12.1 Å². The molecule has 0 amide bonds. The van der Waals surface area contributed by atoms with E-state index in [2.05, 4.69) is 40.6 Å². The molecule has 1 fully saturated rings. The molecule has 120 valence electrons. The number of hydrogen-bond acceptors (Lipinski definition) is 4. The first-order valence-electron chi connectivity index (χ1n) is 8.28. The van der Waals surface area contributed by atoms with Crippen LogP contribution in [0, 0.1) is 0 Å². The van der Waals surface area contributed by atoms with E-state index in [0.717, 1.165) is 45.4 Å². The van der Waals surface area contributed by atoms with Gasteiger partial charge in [-0.2, -0.15) is 0 Å². The van der Waals surface area contributed by atoms with Crippen LogP contribution in [0.2, 0.25) is 0 Å². The number of allylic oxidation sites excluding steroid dienone is 1. The average Bonchev–Trinajstić information content (AvgIpc) is 2.89. The highest BCUT2D eigenvalue weighted by atomic mass is 16.5. The lowest BCUT2D eigenvalue weighted by atomic mass is 10.1. The van der Waals surface area contributed by atoms with Crippen LogP contribution in [0.3, 0.4) is 0 Å². The van der Waals surface area contributed by atoms with Crippen molar-refractivity contribution in [2.24, 2.45) is 0 Å². The van der Waals surface area contributed by atoms with Gasteiger partial charge in [-0.05, 0) is 30.9 Å². The molecule has 0 radical (unpaired) electrons. The summed E-state index contributed by atoms with van der Waals surface area (Å²) in [5, 5.41) is 13.5. The molecule has 0 spiro atoms. The lowest BCUT2D eigenvalue weighted by Gasteiger charge is -2.26. The van der Waals surface area contributed by atoms with E-state index in [1.807, 2.05) is 12.3 Å². The van der Waals surface area contributed by atoms with E-state index in [-0.39, 0.29) is 6.10 Å². The van der Waals surface area contributed by atoms with Crippen molar-refractivity contribution in [1.29, 1.82) is 0 Å². The van der Waals surface area contributed by atoms with Gasteiger partial charge in [0.15, 0.2) is 0 Å². The summed E-state index contributed by atoms with van der Waals surface area (Å²) in [7, 11) is 0. The summed E-state index contributed by atoms with van der Waals surface area (Å²) in [5.41, 5.74) is 1.31. The molecule has 2 aliphatic rings. The highest BCUT2D eigenvalue weighted by Crippen LogP contribution is 2.20. The Balaban J connectivity index is 1.47. The first-order chi connectivity index (χ1) is 10.8. The molecule has 1 saturated heterocycles. The molecule has 3 rings (SSSR count). The van der Waals surface area contributed by atoms with Crippen molar-refractivity contribution in [2.45, 2.75) is 44.1 Å². The fraction of sp³-hybridized carbons (Fsp3) is 0.556. The highest BCUT2D eigenvalue weighted by Gasteiger charge is 2.30. The molecule has 2 N–H and O–H groups in total. The zero-order valence-electron chi connectivity index (χ0n) is 13.0. The Bertz CT molecular complexity index is 477. The number of likely N-dealkylation sites (tertiary alicyclic amines) is 1. The average molecular weight is 302 g/mol. The van der Waals surface area contributed by atoms with Gasteiger partial charge in [0.1, 0.15) is 6.10 Å². The van der Waals surface area contributed by atoms with Crippen LogP contribution >= 0.6 is 0 Å². The summed E-state index contributed by atoms with van der Waals surface area (Å²) in [5.74, 6) is 0. The molecule has 0 saturated carbocycles. The summed E-state index contributed by atoms with van der Waals surface area (Å²) in [6.45, 7) is 3.47. The largest absolute Gasteiger partial charge is 0.497 e. The molecule has 4 heteroatoms. The summed E-state index contributed by atoms with van der Waals surface area (Å²) in [4.78, 5) is 2.38. The van der Waals surface area contributed by atoms with Gasteiger partial charge in [-0.25, -0.2) is 0 Å². The SMILES string of the molecule is O[C@@H]1C[C@H](CNC[C@@H]2CCC=CO2)N(Cc2ccccc2)C1. The van der Waals surface area contributed by atoms with E-state index in [1.165, 1.54) is 5.56 Å². The van der Waals surface area contributed by atoms with E-state index < -0.39 is 0 Å². The standard InChI is InChI=1S/C18H26N2O2/c21-17-10-16(11-19-12-18-8-4-5-9-22-18)20(14-17)13-15-6-2-1-3-7-15/h1-3,5-7,9,16-19,21H,4,8,10-14H2/t16-,17-,18+/m1/s1. The minimum absolute atomic E-state index is 0.204. The van der Waals surface area contributed by atoms with E-state index in [9.17, 15) is 5.11 Å². The van der Waals surface area contributed by atoms with Crippen molar-refractivity contribution in [1.82, 2.24) is 10.2 Å². The number of nitrogens with zero attached hydrogens (tertiary/aromatic N) is 1. The van der Waals surface area contributed by atoms with Gasteiger partial charge >= 0.3 is 0 Å². The fourth-order valence-electron chi connectivity index (χ4n) is 3.33. The highest BCUT2D eigenvalue weighted by molar-refractivity contribution is 5.15. The van der Waals surface area contributed by atoms with Gasteiger partial charge < -0.3 is 15.2 Å². The van der Waals surface area contributed by atoms with E-state index in [4.69, 9.17) is 4.74 Å². The number of hydrogen-bond donors (Lipinski definition) is 2. The van der Waals surface area contributed by atoms with E-state index in [1.54, 1.807) is 0 Å². The smallest absolute Gasteiger partial charge is 0.110 e. The summed E-state index contributed by atoms with van der Waals surface area (Å²) >= 11 is 0. The minimum atomic E-state index is -0.204. The van der Waals surface area contributed by atoms with Crippen molar-refractivity contribution in [2.75, 3.05) is 19.6 Å². The molecule has 4 nitrogen and oxygen atoms in total. The predicted molar refractivity (Wildman–Crippen MR) is 87.4 cm³/mol. The number of aliphatic hydroxyl groups excluding tert-OH is 1. The fourth-order valence-corrected chi connectivity index (χ4v) is 3.33. The van der Waals surface area contributed by atoms with Gasteiger partial charge in [-0.1, -0.05) is 30.3 Å². The van der Waals surface area contributed by atoms with Gasteiger partial charge in [-0.15, -0.1) is 0 Å². The third kappa shape index (κ3) is 4.32. The maximum absolute atomic E-state index is 9.99. The van der Waals surface area contributed by atoms with Crippen LogP contribution in [0.1, 0.15) is 24.8 Å². The molecule has 1 aromatic rings. The number of nitrogens with one attached hydrogen (secondary N) is 1. The number of benzene rings is 1. The molecule has 22 heavy (non-hydrogen) atoms. The van der Waals surface area contributed by atoms with Crippen LogP contribution in [0.25, 0.3) is 0 Å². The second-order valence-electron chi connectivity index (χ2n) is 6.32. The maximum Gasteiger partial charge on any atom is 0.110 e. The van der Waals surface area contributed by atoms with Crippen molar-refractivity contribution in [3.05, 3.63) is 48.2 Å². The van der Waals surface area contributed by atoms with Crippen molar-refractivity contribution >= 4 is 0 Å². The summed E-state index contributed by atoms with van der Waals surface area (Å²) in [6.07, 6.45) is 7.02. The zero-order chi connectivity index (χ0) is 15.2. The van der Waals surface area contributed by atoms with Crippen molar-refractivity contribution < 1.29 is 9.84 Å². The number of β-amino-alcohol motifs (C(OH)–C–C–N with tert-alkyl or cyclic N) is 1. The van der Waals surface area contributed by atoms with Gasteiger partial charge in [0.05, 0.1) is 12.4 Å². The van der Waals surface area contributed by atoms with Crippen LogP contribution in [0.15, 0.2) is 42.7 Å². The zero-order valence-corrected chi connectivity index (χ0v) is 13.0. The van der Waals surface area contributed by atoms with Gasteiger partial charge in [-0.3, -0.25) is 4.90 Å². The van der Waals surface area contributed by atoms with E-state index >= 15 is 0 Å². The molecular formula is C18H26N2O2. The van der Waals surface area contributed by atoms with Crippen LogP contribution < -0.4 is 5.32 Å². The quantitative estimate of drug-likeness (QED) is 0.842. The van der Waals surface area contributed by atoms with Crippen molar-refractivity contribution in [3.8, 4) is 0 Å². The molecule has 3 atom stereocenters. The Morgan fingerprint density at radius 3 is 2.86 bits per heavy atom. The van der Waals surface area contributed by atoms with Crippen LogP contribution in [0.4, 0.5) is 0 Å². The maximum atomic E-state index is 9.99. The molecule has 0 unspecified atom stereocenters. The van der Waals surface area contributed by atoms with Gasteiger partial charge in [0.2, 0.25) is 0 Å². The van der Waals surface area contributed by atoms with Crippen LogP contribution in [-0.2, 0) is 11.3 Å².